The predicted molar refractivity (Wildman–Crippen MR) is 79.6 cm³/mol. The van der Waals surface area contributed by atoms with Crippen molar-refractivity contribution in [2.75, 3.05) is 6.26 Å². The van der Waals surface area contributed by atoms with Crippen molar-refractivity contribution in [3.05, 3.63) is 33.8 Å². The summed E-state index contributed by atoms with van der Waals surface area (Å²) in [4.78, 5) is 0. The normalized spacial score (nSPS) is 24.8. The lowest BCUT2D eigenvalue weighted by Crippen LogP contribution is -2.30. The number of hydrogen-bond acceptors (Lipinski definition) is 3. The minimum atomic E-state index is -3.16. The van der Waals surface area contributed by atoms with Crippen LogP contribution in [0.4, 0.5) is 8.78 Å². The second-order valence-electron chi connectivity index (χ2n) is 5.59. The zero-order valence-electron chi connectivity index (χ0n) is 11.5. The van der Waals surface area contributed by atoms with Gasteiger partial charge in [-0.1, -0.05) is 12.5 Å². The summed E-state index contributed by atoms with van der Waals surface area (Å²) in [5.74, 6) is -2.31. The molecule has 7 heteroatoms. The molecule has 0 aromatic heterocycles. The van der Waals surface area contributed by atoms with Crippen molar-refractivity contribution in [2.24, 2.45) is 5.92 Å². The van der Waals surface area contributed by atoms with Crippen molar-refractivity contribution in [2.45, 2.75) is 37.0 Å². The Bertz CT molecular complexity index is 633. The van der Waals surface area contributed by atoms with Crippen molar-refractivity contribution >= 4 is 25.8 Å². The molecule has 1 aromatic carbocycles. The number of sulfone groups is 1. The molecule has 1 saturated carbocycles. The maximum absolute atomic E-state index is 13.6. The third-order valence-electron chi connectivity index (χ3n) is 4.10. The SMILES string of the molecule is CS(=O)(=O)C1CCCC(C(O)c2ccc(F)c(F)c2Br)C1. The van der Waals surface area contributed by atoms with Gasteiger partial charge in [0.05, 0.1) is 15.8 Å². The summed E-state index contributed by atoms with van der Waals surface area (Å²) < 4.78 is 49.9. The molecule has 3 unspecified atom stereocenters. The van der Waals surface area contributed by atoms with E-state index in [2.05, 4.69) is 15.9 Å². The fraction of sp³-hybridized carbons (Fsp3) is 0.571. The van der Waals surface area contributed by atoms with Crippen molar-refractivity contribution in [1.82, 2.24) is 0 Å². The van der Waals surface area contributed by atoms with Gasteiger partial charge < -0.3 is 5.11 Å². The highest BCUT2D eigenvalue weighted by atomic mass is 79.9. The van der Waals surface area contributed by atoms with E-state index in [0.717, 1.165) is 6.07 Å². The molecule has 0 radical (unpaired) electrons. The van der Waals surface area contributed by atoms with Crippen LogP contribution in [0.15, 0.2) is 16.6 Å². The van der Waals surface area contributed by atoms with E-state index in [1.54, 1.807) is 0 Å². The van der Waals surface area contributed by atoms with Crippen LogP contribution in [0.2, 0.25) is 0 Å². The first-order valence-electron chi connectivity index (χ1n) is 6.72. The Morgan fingerprint density at radius 1 is 1.33 bits per heavy atom. The molecule has 1 N–H and O–H groups in total. The summed E-state index contributed by atoms with van der Waals surface area (Å²) in [5, 5.41) is 9.93. The third kappa shape index (κ3) is 3.63. The van der Waals surface area contributed by atoms with Gasteiger partial charge in [-0.2, -0.15) is 0 Å². The Morgan fingerprint density at radius 2 is 2.00 bits per heavy atom. The molecule has 0 heterocycles. The highest BCUT2D eigenvalue weighted by Crippen LogP contribution is 2.39. The molecule has 1 aliphatic rings. The Balaban J connectivity index is 2.24. The van der Waals surface area contributed by atoms with Crippen LogP contribution in [-0.2, 0) is 9.84 Å². The van der Waals surface area contributed by atoms with Crippen LogP contribution < -0.4 is 0 Å². The van der Waals surface area contributed by atoms with Crippen LogP contribution in [0.1, 0.15) is 37.4 Å². The van der Waals surface area contributed by atoms with E-state index in [0.29, 0.717) is 25.7 Å². The first-order valence-corrected chi connectivity index (χ1v) is 9.47. The molecule has 2 rings (SSSR count). The third-order valence-corrected chi connectivity index (χ3v) is 6.55. The monoisotopic (exact) mass is 382 g/mol. The summed E-state index contributed by atoms with van der Waals surface area (Å²) in [5.41, 5.74) is 0.257. The van der Waals surface area contributed by atoms with Gasteiger partial charge in [0.2, 0.25) is 0 Å². The summed E-state index contributed by atoms with van der Waals surface area (Å²) >= 11 is 2.96. The number of aliphatic hydroxyl groups is 1. The van der Waals surface area contributed by atoms with E-state index in [9.17, 15) is 22.3 Å². The molecule has 1 aromatic rings. The molecular formula is C14H17BrF2O3S. The fourth-order valence-electron chi connectivity index (χ4n) is 2.88. The Labute approximate surface area is 131 Å². The molecule has 3 nitrogen and oxygen atoms in total. The summed E-state index contributed by atoms with van der Waals surface area (Å²) in [7, 11) is -3.16. The van der Waals surface area contributed by atoms with Gasteiger partial charge in [0.25, 0.3) is 0 Å². The van der Waals surface area contributed by atoms with Gasteiger partial charge in [0, 0.05) is 6.26 Å². The van der Waals surface area contributed by atoms with Gasteiger partial charge in [-0.05, 0) is 52.7 Å². The molecule has 118 valence electrons. The number of rotatable bonds is 3. The van der Waals surface area contributed by atoms with Crippen molar-refractivity contribution in [1.29, 1.82) is 0 Å². The van der Waals surface area contributed by atoms with E-state index in [1.807, 2.05) is 0 Å². The standard InChI is InChI=1S/C14H17BrF2O3S/c1-21(19,20)9-4-2-3-8(7-9)14(18)10-5-6-11(16)13(17)12(10)15/h5-6,8-9,14,18H,2-4,7H2,1H3. The van der Waals surface area contributed by atoms with Crippen molar-refractivity contribution in [3.63, 3.8) is 0 Å². The lowest BCUT2D eigenvalue weighted by molar-refractivity contribution is 0.0846. The molecule has 0 spiro atoms. The molecule has 0 aliphatic heterocycles. The second-order valence-corrected chi connectivity index (χ2v) is 8.71. The molecule has 0 amide bonds. The molecule has 0 bridgehead atoms. The second kappa shape index (κ2) is 6.30. The highest BCUT2D eigenvalue weighted by Gasteiger charge is 2.34. The van der Waals surface area contributed by atoms with Gasteiger partial charge in [-0.25, -0.2) is 17.2 Å². The van der Waals surface area contributed by atoms with Gasteiger partial charge in [0.1, 0.15) is 9.84 Å². The average Bonchev–Trinajstić information content (AvgIpc) is 2.43. The van der Waals surface area contributed by atoms with Crippen molar-refractivity contribution < 1.29 is 22.3 Å². The predicted octanol–water partition coefficient (Wildman–Crippen LogP) is 3.36. The summed E-state index contributed by atoms with van der Waals surface area (Å²) in [6.07, 6.45) is 2.46. The van der Waals surface area contributed by atoms with Crippen LogP contribution in [0.3, 0.4) is 0 Å². The van der Waals surface area contributed by atoms with E-state index < -0.39 is 32.8 Å². The van der Waals surface area contributed by atoms with Crippen LogP contribution in [0.25, 0.3) is 0 Å². The van der Waals surface area contributed by atoms with Gasteiger partial charge in [0.15, 0.2) is 11.6 Å². The minimum absolute atomic E-state index is 0.100. The molecule has 1 fully saturated rings. The van der Waals surface area contributed by atoms with Gasteiger partial charge in [-0.15, -0.1) is 0 Å². The number of aliphatic hydroxyl groups excluding tert-OH is 1. The van der Waals surface area contributed by atoms with E-state index in [-0.39, 0.29) is 16.0 Å². The van der Waals surface area contributed by atoms with Gasteiger partial charge >= 0.3 is 0 Å². The summed E-state index contributed by atoms with van der Waals surface area (Å²) in [6, 6.07) is 2.30. The van der Waals surface area contributed by atoms with Gasteiger partial charge in [-0.3, -0.25) is 0 Å². The Morgan fingerprint density at radius 3 is 2.62 bits per heavy atom. The first-order chi connectivity index (χ1) is 9.71. The van der Waals surface area contributed by atoms with Crippen LogP contribution in [0.5, 0.6) is 0 Å². The van der Waals surface area contributed by atoms with E-state index in [4.69, 9.17) is 0 Å². The first kappa shape index (κ1) is 16.8. The highest BCUT2D eigenvalue weighted by molar-refractivity contribution is 9.10. The summed E-state index contributed by atoms with van der Waals surface area (Å²) in [6.45, 7) is 0. The maximum atomic E-state index is 13.6. The van der Waals surface area contributed by atoms with E-state index in [1.165, 1.54) is 12.3 Å². The zero-order valence-corrected chi connectivity index (χ0v) is 13.9. The topological polar surface area (TPSA) is 54.4 Å². The largest absolute Gasteiger partial charge is 0.388 e. The van der Waals surface area contributed by atoms with Crippen LogP contribution >= 0.6 is 15.9 Å². The molecule has 1 aliphatic carbocycles. The quantitative estimate of drug-likeness (QED) is 0.815. The maximum Gasteiger partial charge on any atom is 0.173 e. The number of halogens is 3. The molecule has 21 heavy (non-hydrogen) atoms. The average molecular weight is 383 g/mol. The van der Waals surface area contributed by atoms with Crippen LogP contribution in [-0.4, -0.2) is 25.0 Å². The van der Waals surface area contributed by atoms with E-state index >= 15 is 0 Å². The van der Waals surface area contributed by atoms with Crippen LogP contribution in [0, 0.1) is 17.6 Å². The smallest absolute Gasteiger partial charge is 0.173 e. The number of benzene rings is 1. The zero-order chi connectivity index (χ0) is 15.8. The Hall–Kier alpha value is -0.530. The lowest BCUT2D eigenvalue weighted by atomic mass is 9.82. The molecule has 0 saturated heterocycles. The number of hydrogen-bond donors (Lipinski definition) is 1. The molecule has 3 atom stereocenters. The minimum Gasteiger partial charge on any atom is -0.388 e. The fourth-order valence-corrected chi connectivity index (χ4v) is 4.63. The lowest BCUT2D eigenvalue weighted by Gasteiger charge is -2.31. The van der Waals surface area contributed by atoms with Crippen molar-refractivity contribution in [3.8, 4) is 0 Å². The Kier molecular flexibility index (Phi) is 5.05. The molecular weight excluding hydrogens is 366 g/mol.